The molecule has 150 valence electrons. The molecule has 6 heteroatoms. The van der Waals surface area contributed by atoms with Crippen molar-refractivity contribution in [2.24, 2.45) is 0 Å². The SMILES string of the molecule is Cc1ccc(C(=O)NC[C@H](c2cccc(Cl)c2)N(C)C)cc1N1CCOCC1. The van der Waals surface area contributed by atoms with Gasteiger partial charge < -0.3 is 19.9 Å². The summed E-state index contributed by atoms with van der Waals surface area (Å²) < 4.78 is 5.44. The molecule has 0 bridgehead atoms. The van der Waals surface area contributed by atoms with Crippen LogP contribution in [0.25, 0.3) is 0 Å². The number of amides is 1. The molecular weight excluding hydrogens is 374 g/mol. The molecule has 0 unspecified atom stereocenters. The Morgan fingerprint density at radius 3 is 2.64 bits per heavy atom. The van der Waals surface area contributed by atoms with Gasteiger partial charge in [-0.25, -0.2) is 0 Å². The number of morpholine rings is 1. The van der Waals surface area contributed by atoms with Crippen LogP contribution in [0.15, 0.2) is 42.5 Å². The van der Waals surface area contributed by atoms with Gasteiger partial charge in [-0.3, -0.25) is 4.79 Å². The number of likely N-dealkylation sites (N-methyl/N-ethyl adjacent to an activating group) is 1. The molecule has 0 spiro atoms. The summed E-state index contributed by atoms with van der Waals surface area (Å²) in [5, 5.41) is 3.78. The van der Waals surface area contributed by atoms with E-state index in [1.807, 2.05) is 56.6 Å². The zero-order chi connectivity index (χ0) is 20.1. The minimum atomic E-state index is -0.0663. The lowest BCUT2D eigenvalue weighted by molar-refractivity contribution is 0.0942. The van der Waals surface area contributed by atoms with Crippen molar-refractivity contribution in [2.45, 2.75) is 13.0 Å². The zero-order valence-corrected chi connectivity index (χ0v) is 17.5. The van der Waals surface area contributed by atoms with Crippen LogP contribution in [0.4, 0.5) is 5.69 Å². The molecule has 1 amide bonds. The van der Waals surface area contributed by atoms with Crippen LogP contribution < -0.4 is 10.2 Å². The number of anilines is 1. The number of carbonyl (C=O) groups is 1. The summed E-state index contributed by atoms with van der Waals surface area (Å²) in [6, 6.07) is 13.7. The third kappa shape index (κ3) is 5.04. The van der Waals surface area contributed by atoms with Crippen molar-refractivity contribution in [3.63, 3.8) is 0 Å². The van der Waals surface area contributed by atoms with Crippen LogP contribution in [-0.2, 0) is 4.74 Å². The molecule has 0 aliphatic carbocycles. The lowest BCUT2D eigenvalue weighted by Gasteiger charge is -2.30. The zero-order valence-electron chi connectivity index (χ0n) is 16.7. The average Bonchev–Trinajstić information content (AvgIpc) is 2.69. The number of nitrogens with zero attached hydrogens (tertiary/aromatic N) is 2. The van der Waals surface area contributed by atoms with E-state index in [-0.39, 0.29) is 11.9 Å². The first-order valence-corrected chi connectivity index (χ1v) is 9.97. The summed E-state index contributed by atoms with van der Waals surface area (Å²) in [6.07, 6.45) is 0. The quantitative estimate of drug-likeness (QED) is 0.804. The predicted molar refractivity (Wildman–Crippen MR) is 114 cm³/mol. The average molecular weight is 402 g/mol. The Balaban J connectivity index is 1.71. The van der Waals surface area contributed by atoms with E-state index in [0.29, 0.717) is 17.1 Å². The van der Waals surface area contributed by atoms with E-state index in [4.69, 9.17) is 16.3 Å². The third-order valence-corrected chi connectivity index (χ3v) is 5.37. The first kappa shape index (κ1) is 20.6. The fourth-order valence-electron chi connectivity index (χ4n) is 3.50. The predicted octanol–water partition coefficient (Wildman–Crippen LogP) is 3.52. The Morgan fingerprint density at radius 1 is 1.21 bits per heavy atom. The van der Waals surface area contributed by atoms with Crippen molar-refractivity contribution >= 4 is 23.2 Å². The van der Waals surface area contributed by atoms with Crippen LogP contribution in [0.3, 0.4) is 0 Å². The van der Waals surface area contributed by atoms with Crippen LogP contribution in [-0.4, -0.2) is 57.8 Å². The summed E-state index contributed by atoms with van der Waals surface area (Å²) in [7, 11) is 4.00. The number of aryl methyl sites for hydroxylation is 1. The van der Waals surface area contributed by atoms with Crippen LogP contribution in [0, 0.1) is 6.92 Å². The van der Waals surface area contributed by atoms with Gasteiger partial charge in [0.25, 0.3) is 5.91 Å². The van der Waals surface area contributed by atoms with Gasteiger partial charge in [0.05, 0.1) is 19.3 Å². The Hall–Kier alpha value is -2.08. The topological polar surface area (TPSA) is 44.8 Å². The van der Waals surface area contributed by atoms with Gasteiger partial charge in [-0.2, -0.15) is 0 Å². The molecule has 1 N–H and O–H groups in total. The number of hydrogen-bond acceptors (Lipinski definition) is 4. The summed E-state index contributed by atoms with van der Waals surface area (Å²) in [5.74, 6) is -0.0663. The maximum atomic E-state index is 12.8. The number of carbonyl (C=O) groups excluding carboxylic acids is 1. The van der Waals surface area contributed by atoms with Crippen molar-refractivity contribution in [2.75, 3.05) is 51.8 Å². The highest BCUT2D eigenvalue weighted by Crippen LogP contribution is 2.24. The van der Waals surface area contributed by atoms with Crippen molar-refractivity contribution in [3.8, 4) is 0 Å². The molecule has 1 fully saturated rings. The van der Waals surface area contributed by atoms with E-state index in [2.05, 4.69) is 22.0 Å². The van der Waals surface area contributed by atoms with Gasteiger partial charge in [-0.15, -0.1) is 0 Å². The maximum Gasteiger partial charge on any atom is 0.251 e. The minimum Gasteiger partial charge on any atom is -0.378 e. The van der Waals surface area contributed by atoms with E-state index < -0.39 is 0 Å². The second-order valence-corrected chi connectivity index (χ2v) is 7.78. The Kier molecular flexibility index (Phi) is 6.94. The molecular formula is C22H28ClN3O2. The smallest absolute Gasteiger partial charge is 0.251 e. The summed E-state index contributed by atoms with van der Waals surface area (Å²) in [4.78, 5) is 17.2. The lowest BCUT2D eigenvalue weighted by Crippen LogP contribution is -2.37. The van der Waals surface area contributed by atoms with Gasteiger partial charge >= 0.3 is 0 Å². The molecule has 0 saturated carbocycles. The molecule has 1 aliphatic rings. The molecule has 2 aromatic carbocycles. The summed E-state index contributed by atoms with van der Waals surface area (Å²) >= 11 is 6.14. The second-order valence-electron chi connectivity index (χ2n) is 7.35. The molecule has 0 aromatic heterocycles. The van der Waals surface area contributed by atoms with Crippen molar-refractivity contribution < 1.29 is 9.53 Å². The fourth-order valence-corrected chi connectivity index (χ4v) is 3.70. The van der Waals surface area contributed by atoms with Gasteiger partial charge in [0.2, 0.25) is 0 Å². The highest BCUT2D eigenvalue weighted by Gasteiger charge is 2.18. The first-order chi connectivity index (χ1) is 13.5. The number of halogens is 1. The molecule has 28 heavy (non-hydrogen) atoms. The van der Waals surface area contributed by atoms with E-state index in [1.165, 1.54) is 5.56 Å². The fraction of sp³-hybridized carbons (Fsp3) is 0.409. The van der Waals surface area contributed by atoms with E-state index in [0.717, 1.165) is 37.6 Å². The Bertz CT molecular complexity index is 819. The van der Waals surface area contributed by atoms with Gasteiger partial charge in [-0.05, 0) is 56.4 Å². The summed E-state index contributed by atoms with van der Waals surface area (Å²) in [6.45, 7) is 5.73. The highest BCUT2D eigenvalue weighted by molar-refractivity contribution is 6.30. The number of nitrogens with one attached hydrogen (secondary N) is 1. The van der Waals surface area contributed by atoms with Crippen LogP contribution in [0.2, 0.25) is 5.02 Å². The lowest BCUT2D eigenvalue weighted by atomic mass is 10.1. The van der Waals surface area contributed by atoms with Gasteiger partial charge in [0.1, 0.15) is 0 Å². The molecule has 5 nitrogen and oxygen atoms in total. The molecule has 1 atom stereocenters. The normalized spacial score (nSPS) is 15.5. The second kappa shape index (κ2) is 9.41. The van der Waals surface area contributed by atoms with Crippen molar-refractivity contribution in [3.05, 3.63) is 64.2 Å². The van der Waals surface area contributed by atoms with Gasteiger partial charge in [0, 0.05) is 35.9 Å². The van der Waals surface area contributed by atoms with Crippen molar-refractivity contribution in [1.29, 1.82) is 0 Å². The van der Waals surface area contributed by atoms with E-state index in [1.54, 1.807) is 0 Å². The monoisotopic (exact) mass is 401 g/mol. The number of rotatable bonds is 6. The van der Waals surface area contributed by atoms with Crippen molar-refractivity contribution in [1.82, 2.24) is 10.2 Å². The summed E-state index contributed by atoms with van der Waals surface area (Å²) in [5.41, 5.74) is 4.03. The third-order valence-electron chi connectivity index (χ3n) is 5.14. The molecule has 1 heterocycles. The Morgan fingerprint density at radius 2 is 1.96 bits per heavy atom. The number of benzene rings is 2. The minimum absolute atomic E-state index is 0.0480. The molecule has 0 radical (unpaired) electrons. The Labute approximate surface area is 172 Å². The van der Waals surface area contributed by atoms with Crippen LogP contribution in [0.1, 0.15) is 27.5 Å². The molecule has 1 saturated heterocycles. The largest absolute Gasteiger partial charge is 0.378 e. The standard InChI is InChI=1S/C22H28ClN3O2/c1-16-7-8-18(14-20(16)26-9-11-28-12-10-26)22(27)24-15-21(25(2)3)17-5-4-6-19(23)13-17/h4-8,13-14,21H,9-12,15H2,1-3H3,(H,24,27)/t21-/m1/s1. The molecule has 2 aromatic rings. The van der Waals surface area contributed by atoms with Crippen LogP contribution >= 0.6 is 11.6 Å². The molecule has 3 rings (SSSR count). The van der Waals surface area contributed by atoms with E-state index >= 15 is 0 Å². The number of ether oxygens (including phenoxy) is 1. The highest BCUT2D eigenvalue weighted by atomic mass is 35.5. The van der Waals surface area contributed by atoms with Gasteiger partial charge in [0.15, 0.2) is 0 Å². The molecule has 1 aliphatic heterocycles. The van der Waals surface area contributed by atoms with Gasteiger partial charge in [-0.1, -0.05) is 29.8 Å². The van der Waals surface area contributed by atoms with Crippen LogP contribution in [0.5, 0.6) is 0 Å². The maximum absolute atomic E-state index is 12.8. The number of hydrogen-bond donors (Lipinski definition) is 1. The first-order valence-electron chi connectivity index (χ1n) is 9.59. The van der Waals surface area contributed by atoms with E-state index in [9.17, 15) is 4.79 Å².